The summed E-state index contributed by atoms with van der Waals surface area (Å²) in [5, 5.41) is 13.3. The SMILES string of the molecule is CC(C)c1cc(Nc2cccc(C(F)(F)F)c2)ncc1CNCC1CC1.O=CO. The van der Waals surface area contributed by atoms with Gasteiger partial charge in [0.15, 0.2) is 0 Å². The fraction of sp³-hybridized carbons (Fsp3) is 0.429. The van der Waals surface area contributed by atoms with Crippen molar-refractivity contribution in [2.24, 2.45) is 5.92 Å². The van der Waals surface area contributed by atoms with Crippen LogP contribution in [-0.2, 0) is 17.5 Å². The zero-order valence-corrected chi connectivity index (χ0v) is 16.5. The number of pyridine rings is 1. The molecule has 1 fully saturated rings. The fourth-order valence-electron chi connectivity index (χ4n) is 2.91. The molecular weight excluding hydrogens is 383 g/mol. The molecule has 29 heavy (non-hydrogen) atoms. The van der Waals surface area contributed by atoms with Crippen LogP contribution in [0.4, 0.5) is 24.7 Å². The second-order valence-corrected chi connectivity index (χ2v) is 7.31. The third kappa shape index (κ3) is 7.38. The van der Waals surface area contributed by atoms with E-state index in [4.69, 9.17) is 9.90 Å². The summed E-state index contributed by atoms with van der Waals surface area (Å²) in [4.78, 5) is 12.8. The van der Waals surface area contributed by atoms with Crippen molar-refractivity contribution in [2.45, 2.75) is 45.3 Å². The summed E-state index contributed by atoms with van der Waals surface area (Å²) in [5.74, 6) is 1.67. The van der Waals surface area contributed by atoms with Gasteiger partial charge >= 0.3 is 6.18 Å². The second-order valence-electron chi connectivity index (χ2n) is 7.31. The van der Waals surface area contributed by atoms with Crippen LogP contribution in [0.25, 0.3) is 0 Å². The molecule has 1 aromatic heterocycles. The molecule has 0 spiro atoms. The highest BCUT2D eigenvalue weighted by Gasteiger charge is 2.30. The number of anilines is 2. The van der Waals surface area contributed by atoms with Crippen LogP contribution in [0.3, 0.4) is 0 Å². The number of carbonyl (C=O) groups is 1. The summed E-state index contributed by atoms with van der Waals surface area (Å²) in [7, 11) is 0. The summed E-state index contributed by atoms with van der Waals surface area (Å²) in [6.45, 7) is 5.75. The van der Waals surface area contributed by atoms with E-state index < -0.39 is 11.7 Å². The van der Waals surface area contributed by atoms with E-state index in [-0.39, 0.29) is 6.47 Å². The highest BCUT2D eigenvalue weighted by atomic mass is 19.4. The average molecular weight is 409 g/mol. The maximum Gasteiger partial charge on any atom is 0.416 e. The lowest BCUT2D eigenvalue weighted by molar-refractivity contribution is -0.137. The molecule has 0 saturated heterocycles. The Kier molecular flexibility index (Phi) is 8.01. The summed E-state index contributed by atoms with van der Waals surface area (Å²) in [6.07, 6.45) is 0.0702. The van der Waals surface area contributed by atoms with Gasteiger partial charge in [-0.05, 0) is 66.6 Å². The van der Waals surface area contributed by atoms with Gasteiger partial charge in [-0.15, -0.1) is 0 Å². The van der Waals surface area contributed by atoms with Gasteiger partial charge in [-0.1, -0.05) is 19.9 Å². The van der Waals surface area contributed by atoms with Gasteiger partial charge in [0.05, 0.1) is 5.56 Å². The van der Waals surface area contributed by atoms with E-state index in [0.29, 0.717) is 17.4 Å². The number of aromatic nitrogens is 1. The maximum absolute atomic E-state index is 12.9. The molecule has 3 rings (SSSR count). The molecule has 0 aliphatic heterocycles. The van der Waals surface area contributed by atoms with Gasteiger partial charge in [-0.2, -0.15) is 13.2 Å². The average Bonchev–Trinajstić information content (AvgIpc) is 3.47. The van der Waals surface area contributed by atoms with Crippen molar-refractivity contribution in [3.05, 3.63) is 53.2 Å². The fourth-order valence-corrected chi connectivity index (χ4v) is 2.91. The van der Waals surface area contributed by atoms with Crippen molar-refractivity contribution in [1.82, 2.24) is 10.3 Å². The third-order valence-electron chi connectivity index (χ3n) is 4.55. The molecule has 0 bridgehead atoms. The Labute approximate surface area is 168 Å². The number of nitrogens with zero attached hydrogens (tertiary/aromatic N) is 1. The number of hydrogen-bond acceptors (Lipinski definition) is 4. The van der Waals surface area contributed by atoms with Gasteiger partial charge in [-0.25, -0.2) is 4.98 Å². The van der Waals surface area contributed by atoms with Gasteiger partial charge in [0.25, 0.3) is 6.47 Å². The van der Waals surface area contributed by atoms with Crippen LogP contribution in [0.1, 0.15) is 49.3 Å². The smallest absolute Gasteiger partial charge is 0.416 e. The molecule has 0 amide bonds. The summed E-state index contributed by atoms with van der Waals surface area (Å²) < 4.78 is 38.6. The Bertz CT molecular complexity index is 806. The van der Waals surface area contributed by atoms with Gasteiger partial charge in [0.2, 0.25) is 0 Å². The topological polar surface area (TPSA) is 74.2 Å². The Morgan fingerprint density at radius 3 is 2.55 bits per heavy atom. The Balaban J connectivity index is 0.000000941. The molecule has 8 heteroatoms. The summed E-state index contributed by atoms with van der Waals surface area (Å²) in [6, 6.07) is 7.09. The van der Waals surface area contributed by atoms with E-state index >= 15 is 0 Å². The van der Waals surface area contributed by atoms with Gasteiger partial charge in [0, 0.05) is 18.4 Å². The molecule has 0 radical (unpaired) electrons. The number of rotatable bonds is 7. The molecule has 0 atom stereocenters. The van der Waals surface area contributed by atoms with Gasteiger partial charge in [0.1, 0.15) is 5.82 Å². The summed E-state index contributed by atoms with van der Waals surface area (Å²) >= 11 is 0. The zero-order chi connectivity index (χ0) is 21.4. The van der Waals surface area contributed by atoms with Crippen molar-refractivity contribution in [2.75, 3.05) is 11.9 Å². The minimum Gasteiger partial charge on any atom is -0.483 e. The first kappa shape index (κ1) is 22.7. The number of benzene rings is 1. The van der Waals surface area contributed by atoms with Gasteiger partial charge in [-0.3, -0.25) is 4.79 Å². The summed E-state index contributed by atoms with van der Waals surface area (Å²) in [5.41, 5.74) is 1.99. The number of nitrogens with one attached hydrogen (secondary N) is 2. The minimum absolute atomic E-state index is 0.250. The van der Waals surface area contributed by atoms with E-state index in [1.807, 2.05) is 12.3 Å². The van der Waals surface area contributed by atoms with Crippen LogP contribution >= 0.6 is 0 Å². The largest absolute Gasteiger partial charge is 0.483 e. The number of halogens is 3. The predicted molar refractivity (Wildman–Crippen MR) is 106 cm³/mol. The van der Waals surface area contributed by atoms with Crippen LogP contribution in [0, 0.1) is 5.92 Å². The van der Waals surface area contributed by atoms with Crippen LogP contribution < -0.4 is 10.6 Å². The normalized spacial score (nSPS) is 13.6. The Morgan fingerprint density at radius 2 is 1.97 bits per heavy atom. The lowest BCUT2D eigenvalue weighted by Gasteiger charge is -2.16. The lowest BCUT2D eigenvalue weighted by atomic mass is 9.99. The molecule has 3 N–H and O–H groups in total. The molecule has 1 aliphatic rings. The van der Waals surface area contributed by atoms with Gasteiger partial charge < -0.3 is 15.7 Å². The Hall–Kier alpha value is -2.61. The molecule has 5 nitrogen and oxygen atoms in total. The highest BCUT2D eigenvalue weighted by molar-refractivity contribution is 5.58. The third-order valence-corrected chi connectivity index (χ3v) is 4.55. The number of hydrogen-bond donors (Lipinski definition) is 3. The monoisotopic (exact) mass is 409 g/mol. The van der Waals surface area contributed by atoms with E-state index in [2.05, 4.69) is 29.5 Å². The molecule has 1 aliphatic carbocycles. The second kappa shape index (κ2) is 10.2. The molecule has 2 aromatic rings. The molecule has 1 aromatic carbocycles. The number of carboxylic acid groups (broad SMARTS) is 1. The van der Waals surface area contributed by atoms with E-state index in [1.165, 1.54) is 18.9 Å². The van der Waals surface area contributed by atoms with E-state index in [0.717, 1.165) is 42.3 Å². The van der Waals surface area contributed by atoms with Crippen LogP contribution in [-0.4, -0.2) is 23.1 Å². The first-order valence-corrected chi connectivity index (χ1v) is 9.46. The molecular formula is C21H26F3N3O2. The number of alkyl halides is 3. The van der Waals surface area contributed by atoms with Crippen molar-refractivity contribution in [3.8, 4) is 0 Å². The standard InChI is InChI=1S/C20H24F3N3.CH2O2/c1-13(2)18-9-19(25-12-15(18)11-24-10-14-6-7-14)26-17-5-3-4-16(8-17)20(21,22)23;2-1-3/h3-5,8-9,12-14,24H,6-7,10-11H2,1-2H3,(H,25,26);1H,(H,2,3). The maximum atomic E-state index is 12.9. The molecule has 158 valence electrons. The molecule has 0 unspecified atom stereocenters. The first-order chi connectivity index (χ1) is 13.7. The minimum atomic E-state index is -4.36. The van der Waals surface area contributed by atoms with Crippen molar-refractivity contribution in [3.63, 3.8) is 0 Å². The lowest BCUT2D eigenvalue weighted by Crippen LogP contribution is -2.18. The Morgan fingerprint density at radius 1 is 1.28 bits per heavy atom. The van der Waals surface area contributed by atoms with Crippen LogP contribution in [0.15, 0.2) is 36.5 Å². The quantitative estimate of drug-likeness (QED) is 0.551. The molecule has 1 heterocycles. The van der Waals surface area contributed by atoms with Crippen molar-refractivity contribution < 1.29 is 23.1 Å². The molecule has 1 saturated carbocycles. The highest BCUT2D eigenvalue weighted by Crippen LogP contribution is 2.32. The van der Waals surface area contributed by atoms with Crippen molar-refractivity contribution >= 4 is 18.0 Å². The first-order valence-electron chi connectivity index (χ1n) is 9.46. The predicted octanol–water partition coefficient (Wildman–Crippen LogP) is 5.17. The zero-order valence-electron chi connectivity index (χ0n) is 16.5. The van der Waals surface area contributed by atoms with Crippen molar-refractivity contribution in [1.29, 1.82) is 0 Å². The van der Waals surface area contributed by atoms with E-state index in [1.54, 1.807) is 6.07 Å². The van der Waals surface area contributed by atoms with Crippen LogP contribution in [0.2, 0.25) is 0 Å². The van der Waals surface area contributed by atoms with E-state index in [9.17, 15) is 13.2 Å². The van der Waals surface area contributed by atoms with Crippen LogP contribution in [0.5, 0.6) is 0 Å².